The first kappa shape index (κ1) is 30.6. The molecule has 0 unspecified atom stereocenters. The minimum absolute atomic E-state index is 0.0655. The van der Waals surface area contributed by atoms with Crippen LogP contribution in [0.2, 0.25) is 0 Å². The number of esters is 1. The quantitative estimate of drug-likeness (QED) is 0.162. The van der Waals surface area contributed by atoms with Crippen molar-refractivity contribution in [1.29, 1.82) is 0 Å². The van der Waals surface area contributed by atoms with Gasteiger partial charge >= 0.3 is 5.97 Å². The molecule has 0 aliphatic heterocycles. The van der Waals surface area contributed by atoms with Gasteiger partial charge < -0.3 is 19.6 Å². The number of anilines is 1. The van der Waals surface area contributed by atoms with Crippen molar-refractivity contribution in [2.75, 3.05) is 4.72 Å². The van der Waals surface area contributed by atoms with Gasteiger partial charge in [0.25, 0.3) is 0 Å². The van der Waals surface area contributed by atoms with E-state index in [9.17, 15) is 13.2 Å². The summed E-state index contributed by atoms with van der Waals surface area (Å²) in [6.45, 7) is 6.90. The van der Waals surface area contributed by atoms with E-state index in [0.29, 0.717) is 24.5 Å². The van der Waals surface area contributed by atoms with Gasteiger partial charge in [-0.1, -0.05) is 36.4 Å². The lowest BCUT2D eigenvalue weighted by atomic mass is 10.0. The Morgan fingerprint density at radius 1 is 1.02 bits per heavy atom. The van der Waals surface area contributed by atoms with Crippen LogP contribution in [-0.2, 0) is 45.7 Å². The number of carbonyl (C=O) groups is 1. The smallest absolute Gasteiger partial charge is 0.355 e. The molecule has 3 aromatic carbocycles. The van der Waals surface area contributed by atoms with E-state index in [2.05, 4.69) is 30.5 Å². The first-order chi connectivity index (χ1) is 21.5. The first-order valence-corrected chi connectivity index (χ1v) is 17.1. The number of aromatic nitrogens is 3. The summed E-state index contributed by atoms with van der Waals surface area (Å²) in [6.07, 6.45) is 3.44. The maximum Gasteiger partial charge on any atom is 0.355 e. The number of imidazole rings is 1. The number of rotatable bonds is 10. The van der Waals surface area contributed by atoms with Gasteiger partial charge in [0.1, 0.15) is 12.3 Å². The van der Waals surface area contributed by atoms with Gasteiger partial charge in [-0.3, -0.25) is 4.72 Å². The minimum atomic E-state index is -3.66. The summed E-state index contributed by atoms with van der Waals surface area (Å²) >= 11 is 1.46. The molecule has 0 saturated heterocycles. The molecule has 0 aliphatic carbocycles. The van der Waals surface area contributed by atoms with Crippen molar-refractivity contribution in [3.8, 4) is 0 Å². The molecule has 0 radical (unpaired) electrons. The summed E-state index contributed by atoms with van der Waals surface area (Å²) in [7, 11) is -3.66. The van der Waals surface area contributed by atoms with E-state index in [1.807, 2.05) is 80.6 Å². The largest absolute Gasteiger partial charge is 0.455 e. The molecular formula is C34H35N5O4S2. The van der Waals surface area contributed by atoms with Crippen molar-refractivity contribution in [2.45, 2.75) is 51.8 Å². The number of nitrogens with zero attached hydrogens (tertiary/aromatic N) is 3. The summed E-state index contributed by atoms with van der Waals surface area (Å²) in [4.78, 5) is 18.0. The molecule has 11 heteroatoms. The number of ether oxygens (including phenoxy) is 1. The molecule has 3 aromatic heterocycles. The van der Waals surface area contributed by atoms with Gasteiger partial charge in [-0.05, 0) is 89.3 Å². The Bertz CT molecular complexity index is 2110. The number of nitrogens with two attached hydrogens (primary N) is 1. The predicted molar refractivity (Wildman–Crippen MR) is 180 cm³/mol. The zero-order chi connectivity index (χ0) is 31.8. The highest BCUT2D eigenvalue weighted by molar-refractivity contribution is 7.91. The van der Waals surface area contributed by atoms with Crippen LogP contribution < -0.4 is 10.5 Å². The van der Waals surface area contributed by atoms with Crippen molar-refractivity contribution in [3.05, 3.63) is 118 Å². The minimum Gasteiger partial charge on any atom is -0.455 e. The average molecular weight is 642 g/mol. The summed E-state index contributed by atoms with van der Waals surface area (Å²) in [5.74, 6) is -0.591. The van der Waals surface area contributed by atoms with Crippen molar-refractivity contribution in [1.82, 2.24) is 14.1 Å². The third kappa shape index (κ3) is 6.65. The lowest BCUT2D eigenvalue weighted by molar-refractivity contribution is 0.0447. The van der Waals surface area contributed by atoms with Gasteiger partial charge in [0.2, 0.25) is 10.0 Å². The molecule has 45 heavy (non-hydrogen) atoms. The van der Waals surface area contributed by atoms with Gasteiger partial charge in [-0.15, -0.1) is 0 Å². The van der Waals surface area contributed by atoms with E-state index in [4.69, 9.17) is 10.5 Å². The van der Waals surface area contributed by atoms with Gasteiger partial charge in [-0.2, -0.15) is 11.3 Å². The summed E-state index contributed by atoms with van der Waals surface area (Å²) in [5, 5.41) is 6.38. The van der Waals surface area contributed by atoms with Crippen molar-refractivity contribution < 1.29 is 17.9 Å². The molecule has 232 valence electrons. The fourth-order valence-corrected chi connectivity index (χ4v) is 7.51. The Kier molecular flexibility index (Phi) is 8.25. The van der Waals surface area contributed by atoms with Crippen LogP contribution in [0.1, 0.15) is 53.6 Å². The van der Waals surface area contributed by atoms with Crippen LogP contribution in [0.15, 0.2) is 90.0 Å². The van der Waals surface area contributed by atoms with E-state index < -0.39 is 16.0 Å². The Hall–Kier alpha value is -4.45. The zero-order valence-corrected chi connectivity index (χ0v) is 27.0. The molecule has 6 rings (SSSR count). The van der Waals surface area contributed by atoms with Crippen molar-refractivity contribution in [3.63, 3.8) is 0 Å². The van der Waals surface area contributed by atoms with E-state index in [-0.39, 0.29) is 17.9 Å². The molecule has 0 saturated carbocycles. The monoisotopic (exact) mass is 641 g/mol. The lowest BCUT2D eigenvalue weighted by Gasteiger charge is -2.23. The molecule has 0 bridgehead atoms. The fourth-order valence-electron chi connectivity index (χ4n) is 5.57. The SMILES string of the molecule is CC(C)(C)n1cncc1COC(=O)c1cc2ccc(CN)cc2n1Cc1cc(NS(=O)(=O)Cc2ccsc2)cc2ccccc12. The number of carbonyl (C=O) groups excluding carboxylic acids is 1. The van der Waals surface area contributed by atoms with E-state index in [0.717, 1.165) is 44.1 Å². The average Bonchev–Trinajstić information content (AvgIpc) is 3.76. The van der Waals surface area contributed by atoms with Crippen LogP contribution >= 0.6 is 11.3 Å². The maximum absolute atomic E-state index is 13.7. The lowest BCUT2D eigenvalue weighted by Crippen LogP contribution is -2.24. The van der Waals surface area contributed by atoms with Crippen LogP contribution in [0.4, 0.5) is 5.69 Å². The van der Waals surface area contributed by atoms with E-state index in [1.54, 1.807) is 18.6 Å². The molecule has 3 heterocycles. The molecule has 0 amide bonds. The predicted octanol–water partition coefficient (Wildman–Crippen LogP) is 6.61. The third-order valence-corrected chi connectivity index (χ3v) is 9.68. The number of thiophene rings is 1. The molecule has 3 N–H and O–H groups in total. The third-order valence-electron chi connectivity index (χ3n) is 7.69. The van der Waals surface area contributed by atoms with Gasteiger partial charge in [0.05, 0.1) is 24.0 Å². The van der Waals surface area contributed by atoms with Crippen molar-refractivity contribution in [2.24, 2.45) is 5.73 Å². The Labute approximate surface area is 266 Å². The fraction of sp³-hybridized carbons (Fsp3) is 0.235. The molecular weight excluding hydrogens is 607 g/mol. The van der Waals surface area contributed by atoms with Crippen LogP contribution in [0.5, 0.6) is 0 Å². The number of sulfonamides is 1. The molecule has 6 aromatic rings. The summed E-state index contributed by atoms with van der Waals surface area (Å²) in [5.41, 5.74) is 10.7. The molecule has 0 spiro atoms. The second-order valence-corrected chi connectivity index (χ2v) is 14.6. The van der Waals surface area contributed by atoms with E-state index in [1.165, 1.54) is 11.3 Å². The number of hydrogen-bond acceptors (Lipinski definition) is 7. The van der Waals surface area contributed by atoms with Gasteiger partial charge in [0, 0.05) is 35.2 Å². The highest BCUT2D eigenvalue weighted by Gasteiger charge is 2.22. The Balaban J connectivity index is 1.38. The molecule has 0 atom stereocenters. The van der Waals surface area contributed by atoms with Gasteiger partial charge in [-0.25, -0.2) is 18.2 Å². The number of hydrogen-bond donors (Lipinski definition) is 2. The molecule has 9 nitrogen and oxygen atoms in total. The Morgan fingerprint density at radius 3 is 2.60 bits per heavy atom. The topological polar surface area (TPSA) is 121 Å². The summed E-state index contributed by atoms with van der Waals surface area (Å²) in [6, 6.07) is 21.0. The standard InChI is InChI=1S/C34H35N5O4S2/c1-34(2,3)39-22-36-17-29(39)19-43-33(40)32-15-26-9-8-23(16-35)12-31(26)38(32)18-27-14-28(13-25-6-4-5-7-30(25)27)37-45(41,42)21-24-10-11-44-20-24/h4-15,17,20,22,37H,16,18-19,21,35H2,1-3H3. The molecule has 0 fully saturated rings. The van der Waals surface area contributed by atoms with Crippen LogP contribution in [0.25, 0.3) is 21.7 Å². The number of nitrogens with one attached hydrogen (secondary N) is 1. The first-order valence-electron chi connectivity index (χ1n) is 14.5. The Morgan fingerprint density at radius 2 is 1.84 bits per heavy atom. The normalized spacial score (nSPS) is 12.2. The van der Waals surface area contributed by atoms with Crippen LogP contribution in [0.3, 0.4) is 0 Å². The zero-order valence-electron chi connectivity index (χ0n) is 25.4. The highest BCUT2D eigenvalue weighted by atomic mass is 32.2. The van der Waals surface area contributed by atoms with E-state index >= 15 is 0 Å². The second kappa shape index (κ2) is 12.2. The molecule has 0 aliphatic rings. The highest BCUT2D eigenvalue weighted by Crippen LogP contribution is 2.30. The summed E-state index contributed by atoms with van der Waals surface area (Å²) < 4.78 is 38.7. The van der Waals surface area contributed by atoms with Crippen LogP contribution in [0, 0.1) is 0 Å². The maximum atomic E-state index is 13.7. The van der Waals surface area contributed by atoms with Gasteiger partial charge in [0.15, 0.2) is 0 Å². The van der Waals surface area contributed by atoms with Crippen molar-refractivity contribution >= 4 is 54.7 Å². The van der Waals surface area contributed by atoms with Crippen LogP contribution in [-0.4, -0.2) is 28.5 Å². The second-order valence-electron chi connectivity index (χ2n) is 12.1. The number of benzene rings is 3. The number of fused-ring (bicyclic) bond motifs is 2.